The molecular weight excluding hydrogens is 314 g/mol. The number of aromatic nitrogens is 3. The van der Waals surface area contributed by atoms with Gasteiger partial charge < -0.3 is 4.74 Å². The standard InChI is InChI=1S/C16H19N3O3S/c1-5-22-13(20)8-18-15(21)12-7-11-6-10(4)23-16(11)19(12)14(17-18)9(2)3/h6-7,9H,5,8H2,1-4H3. The van der Waals surface area contributed by atoms with Crippen molar-refractivity contribution in [1.29, 1.82) is 0 Å². The summed E-state index contributed by atoms with van der Waals surface area (Å²) in [5, 5.41) is 5.46. The van der Waals surface area contributed by atoms with Crippen molar-refractivity contribution in [1.82, 2.24) is 14.2 Å². The van der Waals surface area contributed by atoms with Gasteiger partial charge in [0, 0.05) is 16.2 Å². The molecule has 0 aliphatic carbocycles. The van der Waals surface area contributed by atoms with Crippen molar-refractivity contribution < 1.29 is 9.53 Å². The van der Waals surface area contributed by atoms with Crippen molar-refractivity contribution in [2.75, 3.05) is 6.61 Å². The van der Waals surface area contributed by atoms with Crippen molar-refractivity contribution >= 4 is 33.0 Å². The second kappa shape index (κ2) is 5.81. The molecule has 7 heteroatoms. The summed E-state index contributed by atoms with van der Waals surface area (Å²) in [7, 11) is 0. The number of carbonyl (C=O) groups is 1. The Morgan fingerprint density at radius 2 is 2.13 bits per heavy atom. The second-order valence-electron chi connectivity index (χ2n) is 5.76. The summed E-state index contributed by atoms with van der Waals surface area (Å²) < 4.78 is 8.06. The van der Waals surface area contributed by atoms with E-state index in [9.17, 15) is 9.59 Å². The number of hydrogen-bond donors (Lipinski definition) is 0. The first kappa shape index (κ1) is 15.7. The maximum absolute atomic E-state index is 12.7. The predicted molar refractivity (Wildman–Crippen MR) is 90.3 cm³/mol. The van der Waals surface area contributed by atoms with Gasteiger partial charge >= 0.3 is 5.97 Å². The highest BCUT2D eigenvalue weighted by molar-refractivity contribution is 7.18. The number of fused-ring (bicyclic) bond motifs is 3. The third-order valence-electron chi connectivity index (χ3n) is 3.61. The fourth-order valence-electron chi connectivity index (χ4n) is 2.66. The zero-order valence-electron chi connectivity index (χ0n) is 13.6. The molecule has 3 rings (SSSR count). The molecule has 6 nitrogen and oxygen atoms in total. The van der Waals surface area contributed by atoms with Gasteiger partial charge in [-0.2, -0.15) is 5.10 Å². The van der Waals surface area contributed by atoms with Gasteiger partial charge in [-0.05, 0) is 26.0 Å². The Morgan fingerprint density at radius 3 is 2.78 bits per heavy atom. The van der Waals surface area contributed by atoms with Crippen LogP contribution in [0.3, 0.4) is 0 Å². The largest absolute Gasteiger partial charge is 0.465 e. The van der Waals surface area contributed by atoms with Gasteiger partial charge in [-0.25, -0.2) is 4.68 Å². The Labute approximate surface area is 137 Å². The Hall–Kier alpha value is -2.15. The van der Waals surface area contributed by atoms with Crippen molar-refractivity contribution in [3.8, 4) is 0 Å². The fourth-order valence-corrected chi connectivity index (χ4v) is 3.67. The van der Waals surface area contributed by atoms with Crippen molar-refractivity contribution in [2.45, 2.75) is 40.2 Å². The van der Waals surface area contributed by atoms with Gasteiger partial charge in [0.1, 0.15) is 22.7 Å². The zero-order chi connectivity index (χ0) is 16.7. The lowest BCUT2D eigenvalue weighted by Crippen LogP contribution is -2.31. The average molecular weight is 333 g/mol. The Morgan fingerprint density at radius 1 is 1.39 bits per heavy atom. The molecule has 0 aliphatic heterocycles. The Balaban J connectivity index is 2.26. The normalized spacial score (nSPS) is 11.7. The maximum Gasteiger partial charge on any atom is 0.327 e. The second-order valence-corrected chi connectivity index (χ2v) is 7.00. The van der Waals surface area contributed by atoms with Crippen molar-refractivity contribution in [3.63, 3.8) is 0 Å². The highest BCUT2D eigenvalue weighted by Gasteiger charge is 2.19. The van der Waals surface area contributed by atoms with Crippen LogP contribution in [0.15, 0.2) is 16.9 Å². The molecule has 0 atom stereocenters. The summed E-state index contributed by atoms with van der Waals surface area (Å²) in [6.45, 7) is 7.94. The first-order valence-corrected chi connectivity index (χ1v) is 8.42. The van der Waals surface area contributed by atoms with E-state index >= 15 is 0 Å². The molecule has 0 aliphatic rings. The number of hydrogen-bond acceptors (Lipinski definition) is 5. The summed E-state index contributed by atoms with van der Waals surface area (Å²) in [5.41, 5.74) is 0.276. The molecular formula is C16H19N3O3S. The number of ether oxygens (including phenoxy) is 1. The first-order valence-electron chi connectivity index (χ1n) is 7.60. The molecule has 122 valence electrons. The van der Waals surface area contributed by atoms with Crippen LogP contribution in [-0.4, -0.2) is 26.8 Å². The van der Waals surface area contributed by atoms with Crippen LogP contribution in [-0.2, 0) is 16.1 Å². The number of aryl methyl sites for hydroxylation is 1. The van der Waals surface area contributed by atoms with Crippen LogP contribution >= 0.6 is 11.3 Å². The van der Waals surface area contributed by atoms with E-state index in [1.54, 1.807) is 18.3 Å². The Bertz CT molecular complexity index is 949. The van der Waals surface area contributed by atoms with Crippen LogP contribution < -0.4 is 5.56 Å². The lowest BCUT2D eigenvalue weighted by Gasteiger charge is -2.12. The quantitative estimate of drug-likeness (QED) is 0.689. The number of esters is 1. The third kappa shape index (κ3) is 2.65. The summed E-state index contributed by atoms with van der Waals surface area (Å²) in [5.74, 6) is 0.427. The molecule has 0 spiro atoms. The first-order chi connectivity index (χ1) is 10.9. The van der Waals surface area contributed by atoms with Gasteiger partial charge in [-0.15, -0.1) is 11.3 Å². The lowest BCUT2D eigenvalue weighted by molar-refractivity contribution is -0.144. The molecule has 0 saturated carbocycles. The van der Waals surface area contributed by atoms with Crippen LogP contribution in [0.1, 0.15) is 37.4 Å². The van der Waals surface area contributed by atoms with E-state index in [2.05, 4.69) is 11.2 Å². The zero-order valence-corrected chi connectivity index (χ0v) is 14.4. The van der Waals surface area contributed by atoms with E-state index in [0.29, 0.717) is 5.52 Å². The summed E-state index contributed by atoms with van der Waals surface area (Å²) in [4.78, 5) is 26.6. The predicted octanol–water partition coefficient (Wildman–Crippen LogP) is 2.71. The third-order valence-corrected chi connectivity index (χ3v) is 4.66. The maximum atomic E-state index is 12.7. The van der Waals surface area contributed by atoms with Gasteiger partial charge in [-0.3, -0.25) is 14.0 Å². The van der Waals surface area contributed by atoms with Crippen LogP contribution in [0.2, 0.25) is 0 Å². The lowest BCUT2D eigenvalue weighted by atomic mass is 10.2. The van der Waals surface area contributed by atoms with Crippen LogP contribution in [0.25, 0.3) is 15.7 Å². The van der Waals surface area contributed by atoms with E-state index in [1.165, 1.54) is 9.56 Å². The van der Waals surface area contributed by atoms with Crippen molar-refractivity contribution in [2.24, 2.45) is 0 Å². The number of carbonyl (C=O) groups excluding carboxylic acids is 1. The molecule has 3 heterocycles. The number of nitrogens with zero attached hydrogens (tertiary/aromatic N) is 3. The highest BCUT2D eigenvalue weighted by atomic mass is 32.1. The van der Waals surface area contributed by atoms with Gasteiger partial charge in [0.25, 0.3) is 5.56 Å². The van der Waals surface area contributed by atoms with Crippen molar-refractivity contribution in [3.05, 3.63) is 33.2 Å². The molecule has 0 bridgehead atoms. The Kier molecular flexibility index (Phi) is 3.97. The van der Waals surface area contributed by atoms with E-state index in [4.69, 9.17) is 4.74 Å². The average Bonchev–Trinajstić information content (AvgIpc) is 2.98. The number of rotatable bonds is 4. The SMILES string of the molecule is CCOC(=O)Cn1nc(C(C)C)n2c(cc3cc(C)sc32)c1=O. The molecule has 23 heavy (non-hydrogen) atoms. The molecule has 0 N–H and O–H groups in total. The molecule has 0 aromatic carbocycles. The van der Waals surface area contributed by atoms with E-state index in [-0.39, 0.29) is 24.6 Å². The van der Waals surface area contributed by atoms with Crippen LogP contribution in [0.4, 0.5) is 0 Å². The van der Waals surface area contributed by atoms with E-state index in [0.717, 1.165) is 16.0 Å². The minimum absolute atomic E-state index is 0.115. The summed E-state index contributed by atoms with van der Waals surface area (Å²) >= 11 is 1.64. The topological polar surface area (TPSA) is 65.6 Å². The number of thiophene rings is 1. The highest BCUT2D eigenvalue weighted by Crippen LogP contribution is 2.29. The molecule has 3 aromatic rings. The molecule has 0 amide bonds. The molecule has 3 aromatic heterocycles. The smallest absolute Gasteiger partial charge is 0.327 e. The molecule has 0 radical (unpaired) electrons. The van der Waals surface area contributed by atoms with Gasteiger partial charge in [0.15, 0.2) is 0 Å². The van der Waals surface area contributed by atoms with Gasteiger partial charge in [0.05, 0.1) is 6.61 Å². The van der Waals surface area contributed by atoms with Gasteiger partial charge in [0.2, 0.25) is 0 Å². The van der Waals surface area contributed by atoms with Crippen LogP contribution in [0.5, 0.6) is 0 Å². The summed E-state index contributed by atoms with van der Waals surface area (Å²) in [6.07, 6.45) is 0. The fraction of sp³-hybridized carbons (Fsp3) is 0.438. The molecule has 0 fully saturated rings. The molecule has 0 unspecified atom stereocenters. The van der Waals surface area contributed by atoms with E-state index in [1.807, 2.05) is 31.2 Å². The van der Waals surface area contributed by atoms with Gasteiger partial charge in [-0.1, -0.05) is 13.8 Å². The minimum Gasteiger partial charge on any atom is -0.465 e. The minimum atomic E-state index is -0.453. The van der Waals surface area contributed by atoms with E-state index < -0.39 is 5.97 Å². The van der Waals surface area contributed by atoms with Crippen LogP contribution in [0, 0.1) is 6.92 Å². The monoisotopic (exact) mass is 333 g/mol. The molecule has 0 saturated heterocycles. The summed E-state index contributed by atoms with van der Waals surface area (Å²) in [6, 6.07) is 3.93.